The van der Waals surface area contributed by atoms with Crippen molar-refractivity contribution in [2.75, 3.05) is 0 Å². The molecule has 0 bridgehead atoms. The predicted octanol–water partition coefficient (Wildman–Crippen LogP) is 5.01. The fourth-order valence-corrected chi connectivity index (χ4v) is 1.90. The van der Waals surface area contributed by atoms with E-state index in [0.717, 1.165) is 6.07 Å². The van der Waals surface area contributed by atoms with Crippen LogP contribution >= 0.6 is 15.9 Å². The Bertz CT molecular complexity index is 695. The molecule has 0 aliphatic carbocycles. The van der Waals surface area contributed by atoms with E-state index in [1.54, 1.807) is 6.07 Å². The molecule has 0 atom stereocenters. The third-order valence-corrected chi connectivity index (χ3v) is 2.85. The van der Waals surface area contributed by atoms with Crippen molar-refractivity contribution in [1.82, 2.24) is 0 Å². The zero-order valence-electron chi connectivity index (χ0n) is 10.3. The van der Waals surface area contributed by atoms with Crippen LogP contribution in [0.5, 0.6) is 17.2 Å². The maximum Gasteiger partial charge on any atom is 0.573 e. The number of halogens is 4. The lowest BCUT2D eigenvalue weighted by molar-refractivity contribution is -0.275. The minimum atomic E-state index is -4.82. The Labute approximate surface area is 126 Å². The van der Waals surface area contributed by atoms with Gasteiger partial charge in [-0.25, -0.2) is 0 Å². The van der Waals surface area contributed by atoms with E-state index < -0.39 is 12.1 Å². The van der Waals surface area contributed by atoms with Crippen molar-refractivity contribution >= 4 is 15.9 Å². The summed E-state index contributed by atoms with van der Waals surface area (Å²) in [6.45, 7) is 0. The highest BCUT2D eigenvalue weighted by molar-refractivity contribution is 9.10. The second-order valence-corrected chi connectivity index (χ2v) is 4.76. The molecule has 0 saturated heterocycles. The van der Waals surface area contributed by atoms with Crippen molar-refractivity contribution in [3.8, 4) is 23.3 Å². The van der Waals surface area contributed by atoms with Crippen LogP contribution in [0.15, 0.2) is 46.9 Å². The lowest BCUT2D eigenvalue weighted by Crippen LogP contribution is -2.17. The molecule has 3 nitrogen and oxygen atoms in total. The molecule has 0 aromatic heterocycles. The molecule has 0 amide bonds. The van der Waals surface area contributed by atoms with E-state index in [4.69, 9.17) is 10.00 Å². The van der Waals surface area contributed by atoms with Gasteiger partial charge >= 0.3 is 6.36 Å². The summed E-state index contributed by atoms with van der Waals surface area (Å²) in [4.78, 5) is 0. The minimum Gasteiger partial charge on any atom is -0.452 e. The van der Waals surface area contributed by atoms with Crippen LogP contribution < -0.4 is 9.47 Å². The van der Waals surface area contributed by atoms with Crippen LogP contribution in [-0.2, 0) is 0 Å². The lowest BCUT2D eigenvalue weighted by Gasteiger charge is -2.14. The van der Waals surface area contributed by atoms with Crippen LogP contribution in [0.1, 0.15) is 5.56 Å². The maximum absolute atomic E-state index is 12.3. The fourth-order valence-electron chi connectivity index (χ4n) is 1.54. The van der Waals surface area contributed by atoms with E-state index in [2.05, 4.69) is 20.7 Å². The zero-order valence-corrected chi connectivity index (χ0v) is 11.9. The zero-order chi connectivity index (χ0) is 15.5. The topological polar surface area (TPSA) is 42.2 Å². The molecule has 21 heavy (non-hydrogen) atoms. The Hall–Kier alpha value is -2.20. The Morgan fingerprint density at radius 3 is 2.29 bits per heavy atom. The predicted molar refractivity (Wildman–Crippen MR) is 72.1 cm³/mol. The van der Waals surface area contributed by atoms with E-state index in [1.165, 1.54) is 30.3 Å². The molecule has 2 rings (SSSR count). The van der Waals surface area contributed by atoms with Crippen LogP contribution in [0.2, 0.25) is 0 Å². The molecule has 108 valence electrons. The molecule has 0 N–H and O–H groups in total. The van der Waals surface area contributed by atoms with Gasteiger partial charge in [-0.3, -0.25) is 0 Å². The number of alkyl halides is 3. The standard InChI is InChI=1S/C14H7BrF3NO2/c15-10-5-6-11(9(7-10)8-19)20-12-3-1-2-4-13(12)21-14(16,17)18/h1-7H. The highest BCUT2D eigenvalue weighted by Gasteiger charge is 2.32. The summed E-state index contributed by atoms with van der Waals surface area (Å²) in [6, 6.07) is 11.9. The Morgan fingerprint density at radius 1 is 1.00 bits per heavy atom. The van der Waals surface area contributed by atoms with Gasteiger partial charge in [0.2, 0.25) is 0 Å². The molecule has 2 aromatic carbocycles. The number of rotatable bonds is 3. The molecular formula is C14H7BrF3NO2. The molecule has 0 heterocycles. The number of hydrogen-bond acceptors (Lipinski definition) is 3. The first-order chi connectivity index (χ1) is 9.89. The first-order valence-corrected chi connectivity index (χ1v) is 6.40. The number of para-hydroxylation sites is 2. The van der Waals surface area contributed by atoms with Gasteiger partial charge in [-0.2, -0.15) is 5.26 Å². The number of benzene rings is 2. The monoisotopic (exact) mass is 357 g/mol. The van der Waals surface area contributed by atoms with Gasteiger partial charge in [0, 0.05) is 4.47 Å². The summed E-state index contributed by atoms with van der Waals surface area (Å²) in [6.07, 6.45) is -4.82. The van der Waals surface area contributed by atoms with Crippen LogP contribution in [0, 0.1) is 11.3 Å². The van der Waals surface area contributed by atoms with Gasteiger partial charge in [0.05, 0.1) is 5.56 Å². The highest BCUT2D eigenvalue weighted by atomic mass is 79.9. The van der Waals surface area contributed by atoms with Gasteiger partial charge in [0.25, 0.3) is 0 Å². The minimum absolute atomic E-state index is 0.131. The van der Waals surface area contributed by atoms with Crippen LogP contribution in [0.4, 0.5) is 13.2 Å². The molecule has 0 aliphatic rings. The Kier molecular flexibility index (Phi) is 4.38. The van der Waals surface area contributed by atoms with E-state index >= 15 is 0 Å². The van der Waals surface area contributed by atoms with E-state index in [1.807, 2.05) is 6.07 Å². The molecule has 0 fully saturated rings. The summed E-state index contributed by atoms with van der Waals surface area (Å²) in [5.41, 5.74) is 0.186. The summed E-state index contributed by atoms with van der Waals surface area (Å²) in [5, 5.41) is 9.01. The van der Waals surface area contributed by atoms with Crippen LogP contribution in [0.25, 0.3) is 0 Å². The third-order valence-electron chi connectivity index (χ3n) is 2.36. The van der Waals surface area contributed by atoms with Gasteiger partial charge < -0.3 is 9.47 Å². The van der Waals surface area contributed by atoms with Crippen molar-refractivity contribution in [3.63, 3.8) is 0 Å². The van der Waals surface area contributed by atoms with Gasteiger partial charge in [-0.15, -0.1) is 13.2 Å². The first kappa shape index (κ1) is 15.2. The van der Waals surface area contributed by atoms with Crippen molar-refractivity contribution in [1.29, 1.82) is 5.26 Å². The molecule has 0 unspecified atom stereocenters. The lowest BCUT2D eigenvalue weighted by atomic mass is 10.2. The van der Waals surface area contributed by atoms with Crippen molar-refractivity contribution in [2.24, 2.45) is 0 Å². The third kappa shape index (κ3) is 4.13. The maximum atomic E-state index is 12.3. The number of nitriles is 1. The Balaban J connectivity index is 2.35. The Morgan fingerprint density at radius 2 is 1.67 bits per heavy atom. The van der Waals surface area contributed by atoms with Crippen molar-refractivity contribution < 1.29 is 22.6 Å². The SMILES string of the molecule is N#Cc1cc(Br)ccc1Oc1ccccc1OC(F)(F)F. The molecule has 0 aliphatic heterocycles. The second kappa shape index (κ2) is 6.06. The van der Waals surface area contributed by atoms with Gasteiger partial charge in [0.15, 0.2) is 11.5 Å². The second-order valence-electron chi connectivity index (χ2n) is 3.85. The van der Waals surface area contributed by atoms with E-state index in [9.17, 15) is 13.2 Å². The molecule has 7 heteroatoms. The van der Waals surface area contributed by atoms with Gasteiger partial charge in [-0.1, -0.05) is 28.1 Å². The molecule has 0 spiro atoms. The highest BCUT2D eigenvalue weighted by Crippen LogP contribution is 2.36. The summed E-state index contributed by atoms with van der Waals surface area (Å²) < 4.78 is 46.9. The van der Waals surface area contributed by atoms with E-state index in [0.29, 0.717) is 4.47 Å². The number of hydrogen-bond donors (Lipinski definition) is 0. The summed E-state index contributed by atoms with van der Waals surface area (Å²) in [5.74, 6) is -0.468. The molecule has 2 aromatic rings. The normalized spacial score (nSPS) is 10.8. The average molecular weight is 358 g/mol. The smallest absolute Gasteiger partial charge is 0.452 e. The number of nitrogens with zero attached hydrogens (tertiary/aromatic N) is 1. The summed E-state index contributed by atoms with van der Waals surface area (Å²) >= 11 is 3.20. The van der Waals surface area contributed by atoms with E-state index in [-0.39, 0.29) is 17.1 Å². The van der Waals surface area contributed by atoms with Crippen LogP contribution in [-0.4, -0.2) is 6.36 Å². The fraction of sp³-hybridized carbons (Fsp3) is 0.0714. The molecule has 0 radical (unpaired) electrons. The van der Waals surface area contributed by atoms with Crippen molar-refractivity contribution in [2.45, 2.75) is 6.36 Å². The molecule has 0 saturated carbocycles. The van der Waals surface area contributed by atoms with Crippen LogP contribution in [0.3, 0.4) is 0 Å². The summed E-state index contributed by atoms with van der Waals surface area (Å²) in [7, 11) is 0. The first-order valence-electron chi connectivity index (χ1n) is 5.61. The van der Waals surface area contributed by atoms with Crippen molar-refractivity contribution in [3.05, 3.63) is 52.5 Å². The largest absolute Gasteiger partial charge is 0.573 e. The molecular weight excluding hydrogens is 351 g/mol. The quantitative estimate of drug-likeness (QED) is 0.775. The number of ether oxygens (including phenoxy) is 2. The average Bonchev–Trinajstić information content (AvgIpc) is 2.41. The van der Waals surface area contributed by atoms with Gasteiger partial charge in [0.1, 0.15) is 11.8 Å². The van der Waals surface area contributed by atoms with Gasteiger partial charge in [-0.05, 0) is 30.3 Å².